The molecule has 3 heterocycles. The zero-order chi connectivity index (χ0) is 19.8. The second-order valence-corrected chi connectivity index (χ2v) is 9.30. The van der Waals surface area contributed by atoms with Gasteiger partial charge in [0.2, 0.25) is 5.91 Å². The number of hydrogen-bond donors (Lipinski definition) is 1. The van der Waals surface area contributed by atoms with Gasteiger partial charge >= 0.3 is 0 Å². The van der Waals surface area contributed by atoms with Gasteiger partial charge in [0.15, 0.2) is 0 Å². The summed E-state index contributed by atoms with van der Waals surface area (Å²) in [6.07, 6.45) is 10.6. The Morgan fingerprint density at radius 1 is 1.24 bits per heavy atom. The van der Waals surface area contributed by atoms with Crippen LogP contribution in [0.4, 0.5) is 0 Å². The number of nitrogens with zero attached hydrogens (tertiary/aromatic N) is 2. The van der Waals surface area contributed by atoms with Crippen LogP contribution in [-0.4, -0.2) is 65.1 Å². The van der Waals surface area contributed by atoms with Crippen molar-refractivity contribution < 1.29 is 9.53 Å². The Labute approximate surface area is 173 Å². The smallest absolute Gasteiger partial charge is 0.227 e. The van der Waals surface area contributed by atoms with Crippen molar-refractivity contribution in [2.24, 2.45) is 0 Å². The molecule has 1 saturated carbocycles. The van der Waals surface area contributed by atoms with Gasteiger partial charge in [-0.2, -0.15) is 0 Å². The molecule has 5 rings (SSSR count). The van der Waals surface area contributed by atoms with E-state index in [1.165, 1.54) is 38.8 Å². The van der Waals surface area contributed by atoms with E-state index in [0.29, 0.717) is 18.5 Å². The van der Waals surface area contributed by atoms with Gasteiger partial charge in [0.25, 0.3) is 0 Å². The third-order valence-electron chi connectivity index (χ3n) is 7.62. The van der Waals surface area contributed by atoms with Crippen LogP contribution in [0, 0.1) is 0 Å². The molecule has 5 heteroatoms. The number of ether oxygens (including phenoxy) is 1. The lowest BCUT2D eigenvalue weighted by atomic mass is 9.76. The summed E-state index contributed by atoms with van der Waals surface area (Å²) in [6.45, 7) is 3.25. The van der Waals surface area contributed by atoms with E-state index < -0.39 is 0 Å². The number of carbonyl (C=O) groups excluding carboxylic acids is 1. The first-order chi connectivity index (χ1) is 14.2. The molecule has 2 aliphatic heterocycles. The van der Waals surface area contributed by atoms with Gasteiger partial charge in [0, 0.05) is 42.8 Å². The molecule has 0 unspecified atom stereocenters. The number of para-hydroxylation sites is 1. The van der Waals surface area contributed by atoms with E-state index in [4.69, 9.17) is 4.74 Å². The second kappa shape index (κ2) is 7.77. The summed E-state index contributed by atoms with van der Waals surface area (Å²) in [5.41, 5.74) is 2.28. The van der Waals surface area contributed by atoms with Gasteiger partial charge in [-0.25, -0.2) is 0 Å². The molecule has 0 radical (unpaired) electrons. The van der Waals surface area contributed by atoms with Crippen molar-refractivity contribution in [3.63, 3.8) is 0 Å². The average Bonchev–Trinajstić information content (AvgIpc) is 3.50. The van der Waals surface area contributed by atoms with Gasteiger partial charge < -0.3 is 14.6 Å². The van der Waals surface area contributed by atoms with E-state index in [1.54, 1.807) is 0 Å². The Balaban J connectivity index is 1.34. The molecule has 1 spiro atoms. The molecule has 156 valence electrons. The number of aromatic amines is 1. The highest BCUT2D eigenvalue weighted by atomic mass is 16.5. The van der Waals surface area contributed by atoms with Crippen LogP contribution in [-0.2, 0) is 16.0 Å². The molecule has 3 fully saturated rings. The van der Waals surface area contributed by atoms with E-state index in [9.17, 15) is 4.79 Å². The first-order valence-corrected chi connectivity index (χ1v) is 11.3. The largest absolute Gasteiger partial charge is 0.375 e. The molecule has 1 aromatic heterocycles. The normalized spacial score (nSPS) is 30.4. The van der Waals surface area contributed by atoms with Crippen molar-refractivity contribution in [1.82, 2.24) is 14.8 Å². The van der Waals surface area contributed by atoms with Crippen molar-refractivity contribution >= 4 is 16.8 Å². The number of benzene rings is 1. The van der Waals surface area contributed by atoms with E-state index in [0.717, 1.165) is 42.3 Å². The van der Waals surface area contributed by atoms with Crippen molar-refractivity contribution in [3.05, 3.63) is 36.0 Å². The minimum Gasteiger partial charge on any atom is -0.375 e. The van der Waals surface area contributed by atoms with Crippen molar-refractivity contribution in [2.45, 2.75) is 69.1 Å². The number of nitrogens with one attached hydrogen (secondary N) is 1. The number of hydrogen-bond acceptors (Lipinski definition) is 3. The number of likely N-dealkylation sites (N-methyl/N-ethyl adjacent to an activating group) is 1. The highest BCUT2D eigenvalue weighted by Gasteiger charge is 2.47. The van der Waals surface area contributed by atoms with Crippen molar-refractivity contribution in [3.8, 4) is 0 Å². The summed E-state index contributed by atoms with van der Waals surface area (Å²) >= 11 is 0. The molecule has 1 aromatic carbocycles. The molecular weight excluding hydrogens is 362 g/mol. The van der Waals surface area contributed by atoms with Gasteiger partial charge in [-0.05, 0) is 69.7 Å². The van der Waals surface area contributed by atoms with Crippen LogP contribution in [0.15, 0.2) is 30.5 Å². The van der Waals surface area contributed by atoms with Gasteiger partial charge in [-0.1, -0.05) is 18.2 Å². The van der Waals surface area contributed by atoms with E-state index in [-0.39, 0.29) is 11.5 Å². The monoisotopic (exact) mass is 395 g/mol. The summed E-state index contributed by atoms with van der Waals surface area (Å²) in [4.78, 5) is 21.3. The van der Waals surface area contributed by atoms with Crippen molar-refractivity contribution in [1.29, 1.82) is 0 Å². The fourth-order valence-electron chi connectivity index (χ4n) is 5.98. The zero-order valence-corrected chi connectivity index (χ0v) is 17.5. The van der Waals surface area contributed by atoms with Crippen LogP contribution in [0.1, 0.15) is 50.5 Å². The third-order valence-corrected chi connectivity index (χ3v) is 7.62. The van der Waals surface area contributed by atoms with Crippen LogP contribution < -0.4 is 0 Å². The first kappa shape index (κ1) is 19.1. The Hall–Kier alpha value is -1.85. The number of carbonyl (C=O) groups is 1. The van der Waals surface area contributed by atoms with Crippen LogP contribution in [0.25, 0.3) is 10.9 Å². The third kappa shape index (κ3) is 3.59. The lowest BCUT2D eigenvalue weighted by Gasteiger charge is -2.48. The maximum atomic E-state index is 13.3. The van der Waals surface area contributed by atoms with E-state index >= 15 is 0 Å². The quantitative estimate of drug-likeness (QED) is 0.858. The molecule has 0 bridgehead atoms. The Bertz CT molecular complexity index is 864. The summed E-state index contributed by atoms with van der Waals surface area (Å²) in [5, 5.41) is 1.16. The maximum absolute atomic E-state index is 13.3. The predicted molar refractivity (Wildman–Crippen MR) is 115 cm³/mol. The van der Waals surface area contributed by atoms with Crippen LogP contribution in [0.5, 0.6) is 0 Å². The van der Waals surface area contributed by atoms with Gasteiger partial charge in [0.1, 0.15) is 0 Å². The highest BCUT2D eigenvalue weighted by molar-refractivity contribution is 5.88. The molecule has 1 aliphatic carbocycles. The van der Waals surface area contributed by atoms with Gasteiger partial charge in [-0.15, -0.1) is 0 Å². The molecule has 3 aliphatic rings. The Morgan fingerprint density at radius 2 is 2.07 bits per heavy atom. The lowest BCUT2D eigenvalue weighted by molar-refractivity contribution is -0.136. The number of amides is 1. The first-order valence-electron chi connectivity index (χ1n) is 11.3. The molecule has 1 amide bonds. The summed E-state index contributed by atoms with van der Waals surface area (Å²) < 4.78 is 6.26. The standard InChI is InChI=1S/C24H33N3O2/c1-26(23(28)15-18-17-25-20-8-3-2-7-19(18)20)21-9-11-24(10-6-14-29-24)16-22(21)27-12-4-5-13-27/h2-3,7-8,17,21-22,25H,4-6,9-16H2,1H3/t21-,22+,24+/m1/s1. The predicted octanol–water partition coefficient (Wildman–Crippen LogP) is 3.73. The van der Waals surface area contributed by atoms with E-state index in [2.05, 4.69) is 26.9 Å². The SMILES string of the molecule is CN(C(=O)Cc1c[nH]c2ccccc12)[C@@H]1CC[C@@]2(CCCO2)C[C@@H]1N1CCCC1. The zero-order valence-electron chi connectivity index (χ0n) is 17.5. The number of likely N-dealkylation sites (tertiary alicyclic amines) is 1. The van der Waals surface area contributed by atoms with E-state index in [1.807, 2.05) is 25.4 Å². The molecular formula is C24H33N3O2. The highest BCUT2D eigenvalue weighted by Crippen LogP contribution is 2.43. The molecule has 5 nitrogen and oxygen atoms in total. The molecule has 3 atom stereocenters. The summed E-state index contributed by atoms with van der Waals surface area (Å²) in [5.74, 6) is 0.229. The molecule has 1 N–H and O–H groups in total. The molecule has 29 heavy (non-hydrogen) atoms. The minimum absolute atomic E-state index is 0.0739. The topological polar surface area (TPSA) is 48.6 Å². The summed E-state index contributed by atoms with van der Waals surface area (Å²) in [7, 11) is 2.03. The van der Waals surface area contributed by atoms with Crippen molar-refractivity contribution in [2.75, 3.05) is 26.7 Å². The van der Waals surface area contributed by atoms with Gasteiger partial charge in [-0.3, -0.25) is 9.69 Å². The second-order valence-electron chi connectivity index (χ2n) is 9.30. The average molecular weight is 396 g/mol. The minimum atomic E-state index is 0.0739. The summed E-state index contributed by atoms with van der Waals surface area (Å²) in [6, 6.07) is 8.96. The van der Waals surface area contributed by atoms with Crippen LogP contribution in [0.2, 0.25) is 0 Å². The number of aromatic nitrogens is 1. The molecule has 2 aromatic rings. The fourth-order valence-corrected chi connectivity index (χ4v) is 5.98. The Morgan fingerprint density at radius 3 is 2.86 bits per heavy atom. The number of rotatable bonds is 4. The van der Waals surface area contributed by atoms with Gasteiger partial charge in [0.05, 0.1) is 12.0 Å². The lowest BCUT2D eigenvalue weighted by Crippen LogP contribution is -2.58. The maximum Gasteiger partial charge on any atom is 0.227 e. The van der Waals surface area contributed by atoms with Crippen LogP contribution >= 0.6 is 0 Å². The van der Waals surface area contributed by atoms with Crippen LogP contribution in [0.3, 0.4) is 0 Å². The number of H-pyrrole nitrogens is 1. The fraction of sp³-hybridized carbons (Fsp3) is 0.625. The number of fused-ring (bicyclic) bond motifs is 1. The Kier molecular flexibility index (Phi) is 5.12. The molecule has 2 saturated heterocycles.